The molecule has 0 spiro atoms. The Labute approximate surface area is 159 Å². The zero-order valence-electron chi connectivity index (χ0n) is 15.4. The van der Waals surface area contributed by atoms with Gasteiger partial charge in [-0.25, -0.2) is 0 Å². The number of benzene rings is 2. The zero-order chi connectivity index (χ0) is 19.8. The highest BCUT2D eigenvalue weighted by atomic mass is 16.2. The maximum absolute atomic E-state index is 13.0. The van der Waals surface area contributed by atoms with Crippen LogP contribution in [0.3, 0.4) is 0 Å². The van der Waals surface area contributed by atoms with Crippen LogP contribution >= 0.6 is 0 Å². The van der Waals surface area contributed by atoms with Gasteiger partial charge in [-0.3, -0.25) is 14.5 Å². The van der Waals surface area contributed by atoms with Gasteiger partial charge in [-0.1, -0.05) is 24.1 Å². The van der Waals surface area contributed by atoms with E-state index in [4.69, 9.17) is 11.5 Å². The molecule has 0 saturated carbocycles. The van der Waals surface area contributed by atoms with Gasteiger partial charge in [-0.15, -0.1) is 0 Å². The number of anilines is 3. The Morgan fingerprint density at radius 2 is 1.70 bits per heavy atom. The fraction of sp³-hybridized carbons (Fsp3) is 0.286. The van der Waals surface area contributed by atoms with Crippen LogP contribution in [0.1, 0.15) is 43.2 Å². The number of nitrogen functional groups attached to an aromatic ring is 1. The number of hydrogen-bond acceptors (Lipinski definition) is 4. The summed E-state index contributed by atoms with van der Waals surface area (Å²) in [5, 5.41) is 9.19. The van der Waals surface area contributed by atoms with Gasteiger partial charge in [-0.2, -0.15) is 5.26 Å². The monoisotopic (exact) mass is 364 g/mol. The number of carbonyl (C=O) groups is 2. The predicted molar refractivity (Wildman–Crippen MR) is 106 cm³/mol. The van der Waals surface area contributed by atoms with E-state index >= 15 is 0 Å². The number of amides is 2. The van der Waals surface area contributed by atoms with Crippen molar-refractivity contribution in [1.82, 2.24) is 0 Å². The molecule has 0 aliphatic rings. The van der Waals surface area contributed by atoms with E-state index in [0.717, 1.165) is 12.0 Å². The largest absolute Gasteiger partial charge is 0.397 e. The van der Waals surface area contributed by atoms with E-state index < -0.39 is 0 Å². The molecular weight excluding hydrogens is 340 g/mol. The quantitative estimate of drug-likeness (QED) is 0.551. The number of unbranched alkanes of at least 4 members (excludes halogenated alkanes) is 2. The average molecular weight is 364 g/mol. The van der Waals surface area contributed by atoms with Crippen molar-refractivity contribution < 1.29 is 9.59 Å². The lowest BCUT2D eigenvalue weighted by Gasteiger charge is -2.25. The topological polar surface area (TPSA) is 113 Å². The molecular formula is C21H24N4O2. The standard InChI is InChI=1S/C21H24N4O2/c1-15-7-10-17(11-8-15)25(19-13-16(14-22)9-12-18(19)23)21(27)6-4-2-3-5-20(24)26/h7-13H,2-6,23H2,1H3,(H2,24,26). The Morgan fingerprint density at radius 3 is 2.33 bits per heavy atom. The van der Waals surface area contributed by atoms with E-state index in [1.807, 2.05) is 31.2 Å². The van der Waals surface area contributed by atoms with E-state index in [9.17, 15) is 14.9 Å². The fourth-order valence-corrected chi connectivity index (χ4v) is 2.78. The Morgan fingerprint density at radius 1 is 1.04 bits per heavy atom. The van der Waals surface area contributed by atoms with Crippen molar-refractivity contribution >= 4 is 28.9 Å². The van der Waals surface area contributed by atoms with Crippen LogP contribution in [0.4, 0.5) is 17.1 Å². The molecule has 6 heteroatoms. The summed E-state index contributed by atoms with van der Waals surface area (Å²) in [6, 6.07) is 14.5. The molecule has 6 nitrogen and oxygen atoms in total. The van der Waals surface area contributed by atoms with Crippen LogP contribution in [0, 0.1) is 18.3 Å². The number of hydrogen-bond donors (Lipinski definition) is 2. The molecule has 2 aromatic rings. The summed E-state index contributed by atoms with van der Waals surface area (Å²) >= 11 is 0. The Balaban J connectivity index is 2.25. The third kappa shape index (κ3) is 5.58. The summed E-state index contributed by atoms with van der Waals surface area (Å²) in [4.78, 5) is 25.3. The van der Waals surface area contributed by atoms with Crippen LogP contribution in [0.25, 0.3) is 0 Å². The van der Waals surface area contributed by atoms with Gasteiger partial charge in [0, 0.05) is 18.5 Å². The molecule has 0 aliphatic heterocycles. The lowest BCUT2D eigenvalue weighted by Crippen LogP contribution is -2.26. The van der Waals surface area contributed by atoms with E-state index in [2.05, 4.69) is 6.07 Å². The molecule has 2 rings (SSSR count). The third-order valence-corrected chi connectivity index (χ3v) is 4.26. The molecule has 0 heterocycles. The molecule has 0 saturated heterocycles. The first-order valence-electron chi connectivity index (χ1n) is 8.90. The summed E-state index contributed by atoms with van der Waals surface area (Å²) in [5.74, 6) is -0.441. The number of carbonyl (C=O) groups excluding carboxylic acids is 2. The molecule has 2 aromatic carbocycles. The molecule has 0 bridgehead atoms. The summed E-state index contributed by atoms with van der Waals surface area (Å²) in [6.45, 7) is 1.97. The molecule has 140 valence electrons. The van der Waals surface area contributed by atoms with E-state index in [1.54, 1.807) is 23.1 Å². The number of nitrogens with two attached hydrogens (primary N) is 2. The molecule has 0 radical (unpaired) electrons. The summed E-state index contributed by atoms with van der Waals surface area (Å²) in [6.07, 6.45) is 2.69. The van der Waals surface area contributed by atoms with Gasteiger partial charge in [0.1, 0.15) is 0 Å². The Hall–Kier alpha value is -3.33. The smallest absolute Gasteiger partial charge is 0.231 e. The second-order valence-corrected chi connectivity index (χ2v) is 6.48. The van der Waals surface area contributed by atoms with Crippen LogP contribution in [0.15, 0.2) is 42.5 Å². The molecule has 0 aromatic heterocycles. The summed E-state index contributed by atoms with van der Waals surface area (Å²) in [7, 11) is 0. The Kier molecular flexibility index (Phi) is 6.95. The molecule has 0 fully saturated rings. The van der Waals surface area contributed by atoms with Gasteiger partial charge in [0.05, 0.1) is 23.0 Å². The number of primary amides is 1. The summed E-state index contributed by atoms with van der Waals surface area (Å²) < 4.78 is 0. The fourth-order valence-electron chi connectivity index (χ4n) is 2.78. The van der Waals surface area contributed by atoms with Crippen LogP contribution < -0.4 is 16.4 Å². The van der Waals surface area contributed by atoms with Gasteiger partial charge in [0.25, 0.3) is 0 Å². The summed E-state index contributed by atoms with van der Waals surface area (Å²) in [5.41, 5.74) is 14.4. The van der Waals surface area contributed by atoms with Crippen molar-refractivity contribution in [3.8, 4) is 6.07 Å². The van der Waals surface area contributed by atoms with E-state index in [0.29, 0.717) is 48.3 Å². The second kappa shape index (κ2) is 9.39. The van der Waals surface area contributed by atoms with Gasteiger partial charge in [0.15, 0.2) is 0 Å². The number of aryl methyl sites for hydroxylation is 1. The first-order valence-corrected chi connectivity index (χ1v) is 8.90. The van der Waals surface area contributed by atoms with Crippen molar-refractivity contribution in [2.45, 2.75) is 39.0 Å². The highest BCUT2D eigenvalue weighted by Gasteiger charge is 2.20. The zero-order valence-corrected chi connectivity index (χ0v) is 15.4. The maximum Gasteiger partial charge on any atom is 0.231 e. The highest BCUT2D eigenvalue weighted by Crippen LogP contribution is 2.32. The van der Waals surface area contributed by atoms with Crippen LogP contribution in [-0.4, -0.2) is 11.8 Å². The normalized spacial score (nSPS) is 10.2. The molecule has 4 N–H and O–H groups in total. The Bertz CT molecular complexity index is 853. The second-order valence-electron chi connectivity index (χ2n) is 6.48. The van der Waals surface area contributed by atoms with Crippen LogP contribution in [0.2, 0.25) is 0 Å². The molecule has 2 amide bonds. The number of rotatable bonds is 8. The highest BCUT2D eigenvalue weighted by molar-refractivity contribution is 6.03. The first kappa shape index (κ1) is 20.0. The van der Waals surface area contributed by atoms with Gasteiger partial charge < -0.3 is 11.5 Å². The SMILES string of the molecule is Cc1ccc(N(C(=O)CCCCCC(N)=O)c2cc(C#N)ccc2N)cc1. The minimum absolute atomic E-state index is 0.111. The minimum Gasteiger partial charge on any atom is -0.397 e. The van der Waals surface area contributed by atoms with Gasteiger partial charge in [-0.05, 0) is 50.1 Å². The lowest BCUT2D eigenvalue weighted by atomic mass is 10.1. The molecule has 0 atom stereocenters. The maximum atomic E-state index is 13.0. The van der Waals surface area contributed by atoms with Crippen LogP contribution in [-0.2, 0) is 9.59 Å². The lowest BCUT2D eigenvalue weighted by molar-refractivity contribution is -0.118. The average Bonchev–Trinajstić information content (AvgIpc) is 2.64. The molecule has 27 heavy (non-hydrogen) atoms. The minimum atomic E-state index is -0.330. The van der Waals surface area contributed by atoms with Crippen molar-refractivity contribution in [2.75, 3.05) is 10.6 Å². The third-order valence-electron chi connectivity index (χ3n) is 4.26. The van der Waals surface area contributed by atoms with Gasteiger partial charge >= 0.3 is 0 Å². The van der Waals surface area contributed by atoms with Crippen molar-refractivity contribution in [1.29, 1.82) is 5.26 Å². The van der Waals surface area contributed by atoms with Crippen molar-refractivity contribution in [2.24, 2.45) is 5.73 Å². The predicted octanol–water partition coefficient (Wildman–Crippen LogP) is 3.55. The van der Waals surface area contributed by atoms with E-state index in [1.165, 1.54) is 0 Å². The number of nitrogens with zero attached hydrogens (tertiary/aromatic N) is 2. The van der Waals surface area contributed by atoms with Crippen molar-refractivity contribution in [3.63, 3.8) is 0 Å². The molecule has 0 unspecified atom stereocenters. The molecule has 0 aliphatic carbocycles. The van der Waals surface area contributed by atoms with Crippen LogP contribution in [0.5, 0.6) is 0 Å². The first-order chi connectivity index (χ1) is 12.9. The van der Waals surface area contributed by atoms with Crippen molar-refractivity contribution in [3.05, 3.63) is 53.6 Å². The van der Waals surface area contributed by atoms with Gasteiger partial charge in [0.2, 0.25) is 11.8 Å². The number of nitriles is 1. The van der Waals surface area contributed by atoms with E-state index in [-0.39, 0.29) is 11.8 Å².